The molecule has 0 aromatic heterocycles. The normalized spacial score (nSPS) is 11.8. The molecule has 128 valence electrons. The van der Waals surface area contributed by atoms with Gasteiger partial charge < -0.3 is 10.1 Å². The number of rotatable bonds is 7. The summed E-state index contributed by atoms with van der Waals surface area (Å²) in [5.74, 6) is 1.07. The van der Waals surface area contributed by atoms with Crippen LogP contribution in [0, 0.1) is 19.7 Å². The molecule has 5 heteroatoms. The first kappa shape index (κ1) is 18.3. The number of nitrogens with one attached hydrogen (secondary N) is 1. The van der Waals surface area contributed by atoms with Crippen LogP contribution in [0.1, 0.15) is 18.1 Å². The summed E-state index contributed by atoms with van der Waals surface area (Å²) in [4.78, 5) is 12.1. The molecule has 0 aliphatic heterocycles. The molecule has 1 N–H and O–H groups in total. The molecule has 0 bridgehead atoms. The zero-order chi connectivity index (χ0) is 17.5. The number of halogens is 1. The fourth-order valence-electron chi connectivity index (χ4n) is 2.01. The molecule has 0 heterocycles. The van der Waals surface area contributed by atoms with E-state index in [0.717, 1.165) is 5.75 Å². The van der Waals surface area contributed by atoms with Crippen LogP contribution in [-0.2, 0) is 4.79 Å². The van der Waals surface area contributed by atoms with Gasteiger partial charge in [-0.2, -0.15) is 0 Å². The lowest BCUT2D eigenvalue weighted by atomic mass is 10.2. The monoisotopic (exact) mass is 347 g/mol. The minimum absolute atomic E-state index is 0.140. The van der Waals surface area contributed by atoms with Crippen molar-refractivity contribution in [3.8, 4) is 5.75 Å². The summed E-state index contributed by atoms with van der Waals surface area (Å²) in [5, 5.41) is 2.49. The molecule has 1 atom stereocenters. The van der Waals surface area contributed by atoms with Gasteiger partial charge in [0.25, 0.3) is 0 Å². The molecule has 0 aliphatic rings. The maximum absolute atomic E-state index is 13.5. The highest BCUT2D eigenvalue weighted by molar-refractivity contribution is 8.00. The van der Waals surface area contributed by atoms with Gasteiger partial charge in [0, 0.05) is 11.4 Å². The molecule has 3 nitrogen and oxygen atoms in total. The van der Waals surface area contributed by atoms with E-state index in [2.05, 4.69) is 5.32 Å². The lowest BCUT2D eigenvalue weighted by Crippen LogP contribution is -2.23. The first-order chi connectivity index (χ1) is 11.5. The quantitative estimate of drug-likeness (QED) is 0.745. The van der Waals surface area contributed by atoms with Crippen molar-refractivity contribution in [1.29, 1.82) is 0 Å². The van der Waals surface area contributed by atoms with Gasteiger partial charge in [0.2, 0.25) is 5.91 Å². The van der Waals surface area contributed by atoms with Gasteiger partial charge in [0.1, 0.15) is 11.6 Å². The van der Waals surface area contributed by atoms with Crippen LogP contribution in [0.5, 0.6) is 5.75 Å². The first-order valence-corrected chi connectivity index (χ1v) is 8.88. The second-order valence-corrected chi connectivity index (χ2v) is 7.08. The Kier molecular flexibility index (Phi) is 6.67. The number of thioether (sulfide) groups is 1. The highest BCUT2D eigenvalue weighted by Crippen LogP contribution is 2.17. The molecule has 0 spiro atoms. The Bertz CT molecular complexity index is 688. The lowest BCUT2D eigenvalue weighted by molar-refractivity contribution is -0.115. The second kappa shape index (κ2) is 8.73. The molecule has 24 heavy (non-hydrogen) atoms. The molecule has 2 aromatic rings. The maximum Gasteiger partial charge on any atom is 0.237 e. The van der Waals surface area contributed by atoms with E-state index in [-0.39, 0.29) is 17.0 Å². The van der Waals surface area contributed by atoms with Gasteiger partial charge in [-0.15, -0.1) is 11.8 Å². The van der Waals surface area contributed by atoms with E-state index < -0.39 is 0 Å². The molecule has 0 saturated carbocycles. The number of amides is 1. The van der Waals surface area contributed by atoms with Gasteiger partial charge in [-0.3, -0.25) is 4.79 Å². The van der Waals surface area contributed by atoms with Crippen molar-refractivity contribution >= 4 is 23.4 Å². The van der Waals surface area contributed by atoms with Crippen LogP contribution in [0.15, 0.2) is 42.5 Å². The summed E-state index contributed by atoms with van der Waals surface area (Å²) >= 11 is 1.50. The highest BCUT2D eigenvalue weighted by Gasteiger charge is 2.14. The highest BCUT2D eigenvalue weighted by atomic mass is 32.2. The lowest BCUT2D eigenvalue weighted by Gasteiger charge is -2.13. The SMILES string of the molecule is Cc1ccc(OCCSC(C)C(=O)Nc2ccc(C)c(F)c2)cc1. The minimum Gasteiger partial charge on any atom is -0.493 e. The standard InChI is InChI=1S/C19H22FNO2S/c1-13-4-8-17(9-5-13)23-10-11-24-15(3)19(22)21-16-7-6-14(2)18(20)12-16/h4-9,12,15H,10-11H2,1-3H3,(H,21,22). The third-order valence-electron chi connectivity index (χ3n) is 3.55. The summed E-state index contributed by atoms with van der Waals surface area (Å²) in [7, 11) is 0. The van der Waals surface area contributed by atoms with E-state index in [1.807, 2.05) is 38.1 Å². The number of hydrogen-bond acceptors (Lipinski definition) is 3. The molecule has 1 unspecified atom stereocenters. The maximum atomic E-state index is 13.5. The number of carbonyl (C=O) groups is 1. The third kappa shape index (κ3) is 5.57. The smallest absolute Gasteiger partial charge is 0.237 e. The second-order valence-electron chi connectivity index (χ2n) is 5.63. The van der Waals surface area contributed by atoms with Gasteiger partial charge in [-0.25, -0.2) is 4.39 Å². The van der Waals surface area contributed by atoms with Crippen molar-refractivity contribution in [1.82, 2.24) is 0 Å². The topological polar surface area (TPSA) is 38.3 Å². The van der Waals surface area contributed by atoms with Gasteiger partial charge in [0.05, 0.1) is 11.9 Å². The van der Waals surface area contributed by atoms with Crippen molar-refractivity contribution < 1.29 is 13.9 Å². The molecule has 2 rings (SSSR count). The van der Waals surface area contributed by atoms with Crippen molar-refractivity contribution in [2.75, 3.05) is 17.7 Å². The van der Waals surface area contributed by atoms with Crippen LogP contribution in [0.2, 0.25) is 0 Å². The van der Waals surface area contributed by atoms with Crippen LogP contribution in [0.3, 0.4) is 0 Å². The Morgan fingerprint density at radius 1 is 1.21 bits per heavy atom. The largest absolute Gasteiger partial charge is 0.493 e. The Hall–Kier alpha value is -2.01. The Balaban J connectivity index is 1.73. The summed E-state index contributed by atoms with van der Waals surface area (Å²) in [6.07, 6.45) is 0. The number of benzene rings is 2. The number of aryl methyl sites for hydroxylation is 2. The molecule has 1 amide bonds. The van der Waals surface area contributed by atoms with Crippen LogP contribution < -0.4 is 10.1 Å². The Labute approximate surface area is 146 Å². The van der Waals surface area contributed by atoms with Crippen molar-refractivity contribution in [2.24, 2.45) is 0 Å². The molecular formula is C19H22FNO2S. The molecule has 0 fully saturated rings. The van der Waals surface area contributed by atoms with Gasteiger partial charge in [-0.1, -0.05) is 23.8 Å². The number of ether oxygens (including phenoxy) is 1. The van der Waals surface area contributed by atoms with E-state index in [9.17, 15) is 9.18 Å². The molecule has 0 aliphatic carbocycles. The molecule has 0 saturated heterocycles. The molecule has 0 radical (unpaired) electrons. The predicted octanol–water partition coefficient (Wildman–Crippen LogP) is 4.58. The summed E-state index contributed by atoms with van der Waals surface area (Å²) in [6, 6.07) is 12.6. The summed E-state index contributed by atoms with van der Waals surface area (Å²) in [5.41, 5.74) is 2.23. The summed E-state index contributed by atoms with van der Waals surface area (Å²) in [6.45, 7) is 6.08. The van der Waals surface area contributed by atoms with E-state index in [1.54, 1.807) is 19.1 Å². The average molecular weight is 347 g/mol. The first-order valence-electron chi connectivity index (χ1n) is 7.84. The zero-order valence-electron chi connectivity index (χ0n) is 14.1. The Morgan fingerprint density at radius 2 is 1.92 bits per heavy atom. The van der Waals surface area contributed by atoms with E-state index in [4.69, 9.17) is 4.74 Å². The van der Waals surface area contributed by atoms with E-state index >= 15 is 0 Å². The zero-order valence-corrected chi connectivity index (χ0v) is 15.0. The number of carbonyl (C=O) groups excluding carboxylic acids is 1. The fourth-order valence-corrected chi connectivity index (χ4v) is 2.75. The summed E-state index contributed by atoms with van der Waals surface area (Å²) < 4.78 is 19.1. The van der Waals surface area contributed by atoms with E-state index in [1.165, 1.54) is 23.4 Å². The van der Waals surface area contributed by atoms with Crippen LogP contribution in [-0.4, -0.2) is 23.5 Å². The van der Waals surface area contributed by atoms with Gasteiger partial charge in [-0.05, 0) is 50.6 Å². The van der Waals surface area contributed by atoms with Crippen LogP contribution >= 0.6 is 11.8 Å². The predicted molar refractivity (Wildman–Crippen MR) is 98.4 cm³/mol. The van der Waals surface area contributed by atoms with Gasteiger partial charge in [0.15, 0.2) is 0 Å². The Morgan fingerprint density at radius 3 is 2.58 bits per heavy atom. The van der Waals surface area contributed by atoms with Crippen molar-refractivity contribution in [3.63, 3.8) is 0 Å². The molecular weight excluding hydrogens is 325 g/mol. The van der Waals surface area contributed by atoms with Crippen LogP contribution in [0.25, 0.3) is 0 Å². The number of anilines is 1. The van der Waals surface area contributed by atoms with Crippen molar-refractivity contribution in [2.45, 2.75) is 26.0 Å². The van der Waals surface area contributed by atoms with Crippen molar-refractivity contribution in [3.05, 3.63) is 59.4 Å². The third-order valence-corrected chi connectivity index (χ3v) is 4.67. The fraction of sp³-hybridized carbons (Fsp3) is 0.316. The molecule has 2 aromatic carbocycles. The van der Waals surface area contributed by atoms with Gasteiger partial charge >= 0.3 is 0 Å². The minimum atomic E-state index is -0.320. The average Bonchev–Trinajstić information content (AvgIpc) is 2.56. The van der Waals surface area contributed by atoms with Crippen LogP contribution in [0.4, 0.5) is 10.1 Å². The number of hydrogen-bond donors (Lipinski definition) is 1. The van der Waals surface area contributed by atoms with E-state index in [0.29, 0.717) is 23.6 Å².